The summed E-state index contributed by atoms with van der Waals surface area (Å²) in [6.07, 6.45) is 3.15. The van der Waals surface area contributed by atoms with Gasteiger partial charge in [0.25, 0.3) is 0 Å². The lowest BCUT2D eigenvalue weighted by Gasteiger charge is -2.08. The minimum atomic E-state index is 0.715. The third-order valence-electron chi connectivity index (χ3n) is 2.04. The van der Waals surface area contributed by atoms with Gasteiger partial charge in [-0.05, 0) is 5.92 Å². The zero-order chi connectivity index (χ0) is 8.97. The molecule has 0 radical (unpaired) electrons. The normalized spacial score (nSPS) is 12.9. The number of hydrogen-bond donors (Lipinski definition) is 1. The van der Waals surface area contributed by atoms with E-state index >= 15 is 0 Å². The van der Waals surface area contributed by atoms with Crippen LogP contribution in [0.3, 0.4) is 0 Å². The summed E-state index contributed by atoms with van der Waals surface area (Å²) in [4.78, 5) is 0. The standard InChI is InChI=1S/C9H17N3/c1-4-8(2)7-10-9-5-6-12(3)11-9/h5-6,8H,4,7H2,1-3H3,(H,10,11)/t8-/m1/s1. The van der Waals surface area contributed by atoms with Crippen molar-refractivity contribution in [2.75, 3.05) is 11.9 Å². The van der Waals surface area contributed by atoms with Gasteiger partial charge in [0.15, 0.2) is 0 Å². The maximum absolute atomic E-state index is 4.22. The fraction of sp³-hybridized carbons (Fsp3) is 0.667. The van der Waals surface area contributed by atoms with Gasteiger partial charge in [0.05, 0.1) is 0 Å². The van der Waals surface area contributed by atoms with Gasteiger partial charge in [0, 0.05) is 25.9 Å². The summed E-state index contributed by atoms with van der Waals surface area (Å²) in [6, 6.07) is 1.99. The van der Waals surface area contributed by atoms with E-state index in [0.717, 1.165) is 12.4 Å². The zero-order valence-corrected chi connectivity index (χ0v) is 8.04. The topological polar surface area (TPSA) is 29.9 Å². The van der Waals surface area contributed by atoms with Gasteiger partial charge in [-0.15, -0.1) is 0 Å². The second-order valence-corrected chi connectivity index (χ2v) is 3.27. The second kappa shape index (κ2) is 4.14. The van der Waals surface area contributed by atoms with E-state index in [1.807, 2.05) is 19.3 Å². The third-order valence-corrected chi connectivity index (χ3v) is 2.04. The number of hydrogen-bond acceptors (Lipinski definition) is 2. The number of rotatable bonds is 4. The molecule has 0 spiro atoms. The smallest absolute Gasteiger partial charge is 0.147 e. The maximum atomic E-state index is 4.22. The molecule has 1 aromatic heterocycles. The van der Waals surface area contributed by atoms with Crippen molar-refractivity contribution in [3.8, 4) is 0 Å². The van der Waals surface area contributed by atoms with Crippen LogP contribution in [0.2, 0.25) is 0 Å². The molecule has 1 atom stereocenters. The molecular weight excluding hydrogens is 150 g/mol. The summed E-state index contributed by atoms with van der Waals surface area (Å²) < 4.78 is 1.80. The van der Waals surface area contributed by atoms with E-state index in [4.69, 9.17) is 0 Å². The molecule has 0 aliphatic rings. The van der Waals surface area contributed by atoms with Gasteiger partial charge in [-0.2, -0.15) is 5.10 Å². The first kappa shape index (κ1) is 9.10. The summed E-state index contributed by atoms with van der Waals surface area (Å²) in [5.74, 6) is 1.69. The molecule has 1 rings (SSSR count). The Morgan fingerprint density at radius 1 is 1.67 bits per heavy atom. The van der Waals surface area contributed by atoms with Gasteiger partial charge < -0.3 is 5.32 Å². The molecule has 0 fully saturated rings. The van der Waals surface area contributed by atoms with Crippen molar-refractivity contribution < 1.29 is 0 Å². The van der Waals surface area contributed by atoms with Crippen LogP contribution in [0, 0.1) is 5.92 Å². The van der Waals surface area contributed by atoms with E-state index in [9.17, 15) is 0 Å². The van der Waals surface area contributed by atoms with Gasteiger partial charge in [-0.25, -0.2) is 0 Å². The van der Waals surface area contributed by atoms with E-state index in [1.54, 1.807) is 4.68 Å². The van der Waals surface area contributed by atoms with Crippen molar-refractivity contribution in [2.24, 2.45) is 13.0 Å². The predicted octanol–water partition coefficient (Wildman–Crippen LogP) is 1.88. The maximum Gasteiger partial charge on any atom is 0.147 e. The van der Waals surface area contributed by atoms with Crippen LogP contribution in [-0.2, 0) is 7.05 Å². The Hall–Kier alpha value is -0.990. The first-order chi connectivity index (χ1) is 5.72. The quantitative estimate of drug-likeness (QED) is 0.742. The molecule has 0 saturated heterocycles. The Morgan fingerprint density at radius 3 is 2.92 bits per heavy atom. The second-order valence-electron chi connectivity index (χ2n) is 3.27. The molecule has 0 bridgehead atoms. The van der Waals surface area contributed by atoms with Gasteiger partial charge in [0.2, 0.25) is 0 Å². The summed E-state index contributed by atoms with van der Waals surface area (Å²) >= 11 is 0. The van der Waals surface area contributed by atoms with Gasteiger partial charge in [-0.1, -0.05) is 20.3 Å². The lowest BCUT2D eigenvalue weighted by atomic mass is 10.1. The summed E-state index contributed by atoms with van der Waals surface area (Å²) in [6.45, 7) is 5.44. The lowest BCUT2D eigenvalue weighted by Crippen LogP contribution is -2.10. The fourth-order valence-electron chi connectivity index (χ4n) is 0.932. The molecule has 3 nitrogen and oxygen atoms in total. The Bertz CT molecular complexity index is 229. The first-order valence-electron chi connectivity index (χ1n) is 4.46. The molecule has 0 aliphatic heterocycles. The number of aromatic nitrogens is 2. The Morgan fingerprint density at radius 2 is 2.42 bits per heavy atom. The van der Waals surface area contributed by atoms with Crippen molar-refractivity contribution in [2.45, 2.75) is 20.3 Å². The summed E-state index contributed by atoms with van der Waals surface area (Å²) in [7, 11) is 1.93. The molecule has 0 saturated carbocycles. The Labute approximate surface area is 73.8 Å². The van der Waals surface area contributed by atoms with Gasteiger partial charge in [0.1, 0.15) is 5.82 Å². The molecule has 0 aliphatic carbocycles. The van der Waals surface area contributed by atoms with E-state index in [2.05, 4.69) is 24.3 Å². The molecule has 3 heteroatoms. The number of nitrogens with one attached hydrogen (secondary N) is 1. The Balaban J connectivity index is 2.33. The van der Waals surface area contributed by atoms with Crippen LogP contribution >= 0.6 is 0 Å². The van der Waals surface area contributed by atoms with Crippen molar-refractivity contribution >= 4 is 5.82 Å². The lowest BCUT2D eigenvalue weighted by molar-refractivity contribution is 0.591. The average Bonchev–Trinajstić information content (AvgIpc) is 2.47. The van der Waals surface area contributed by atoms with E-state index in [-0.39, 0.29) is 0 Å². The van der Waals surface area contributed by atoms with Crippen molar-refractivity contribution in [1.82, 2.24) is 9.78 Å². The zero-order valence-electron chi connectivity index (χ0n) is 8.04. The molecule has 1 N–H and O–H groups in total. The van der Waals surface area contributed by atoms with Gasteiger partial charge >= 0.3 is 0 Å². The average molecular weight is 167 g/mol. The minimum absolute atomic E-state index is 0.715. The summed E-state index contributed by atoms with van der Waals surface area (Å²) in [5, 5.41) is 7.51. The highest BCUT2D eigenvalue weighted by molar-refractivity contribution is 5.31. The van der Waals surface area contributed by atoms with Gasteiger partial charge in [-0.3, -0.25) is 4.68 Å². The number of nitrogens with zero attached hydrogens (tertiary/aromatic N) is 2. The predicted molar refractivity (Wildman–Crippen MR) is 51.2 cm³/mol. The van der Waals surface area contributed by atoms with Crippen LogP contribution in [0.25, 0.3) is 0 Å². The highest BCUT2D eigenvalue weighted by Crippen LogP contribution is 2.04. The number of anilines is 1. The van der Waals surface area contributed by atoms with Crippen LogP contribution in [0.5, 0.6) is 0 Å². The SMILES string of the molecule is CC[C@@H](C)CNc1ccn(C)n1. The monoisotopic (exact) mass is 167 g/mol. The van der Waals surface area contributed by atoms with Crippen LogP contribution < -0.4 is 5.32 Å². The molecule has 0 amide bonds. The van der Waals surface area contributed by atoms with Crippen molar-refractivity contribution in [1.29, 1.82) is 0 Å². The molecule has 68 valence electrons. The van der Waals surface area contributed by atoms with Crippen LogP contribution in [0.4, 0.5) is 5.82 Å². The minimum Gasteiger partial charge on any atom is -0.368 e. The van der Waals surface area contributed by atoms with Crippen LogP contribution in [0.15, 0.2) is 12.3 Å². The third kappa shape index (κ3) is 2.57. The van der Waals surface area contributed by atoms with E-state index < -0.39 is 0 Å². The largest absolute Gasteiger partial charge is 0.368 e. The van der Waals surface area contributed by atoms with E-state index in [0.29, 0.717) is 5.92 Å². The highest BCUT2D eigenvalue weighted by atomic mass is 15.3. The first-order valence-corrected chi connectivity index (χ1v) is 4.46. The van der Waals surface area contributed by atoms with Crippen molar-refractivity contribution in [3.05, 3.63) is 12.3 Å². The van der Waals surface area contributed by atoms with Crippen molar-refractivity contribution in [3.63, 3.8) is 0 Å². The molecule has 0 aromatic carbocycles. The van der Waals surface area contributed by atoms with Crippen LogP contribution in [0.1, 0.15) is 20.3 Å². The molecule has 12 heavy (non-hydrogen) atoms. The molecule has 1 aromatic rings. The number of aryl methyl sites for hydroxylation is 1. The fourth-order valence-corrected chi connectivity index (χ4v) is 0.932. The summed E-state index contributed by atoms with van der Waals surface area (Å²) in [5.41, 5.74) is 0. The molecule has 1 heterocycles. The van der Waals surface area contributed by atoms with E-state index in [1.165, 1.54) is 6.42 Å². The molecule has 0 unspecified atom stereocenters. The Kier molecular flexibility index (Phi) is 3.14. The highest BCUT2D eigenvalue weighted by Gasteiger charge is 1.99. The molecular formula is C9H17N3. The van der Waals surface area contributed by atoms with Crippen LogP contribution in [-0.4, -0.2) is 16.3 Å².